The molecule has 0 unspecified atom stereocenters. The molecule has 1 saturated heterocycles. The zero-order valence-corrected chi connectivity index (χ0v) is 14.4. The van der Waals surface area contributed by atoms with Crippen molar-refractivity contribution in [3.05, 3.63) is 12.7 Å². The van der Waals surface area contributed by atoms with Gasteiger partial charge in [-0.2, -0.15) is 0 Å². The molecular weight excluding hydrogens is 324 g/mol. The van der Waals surface area contributed by atoms with Crippen LogP contribution < -0.4 is 11.1 Å². The smallest absolute Gasteiger partial charge is 0.207 e. The molecule has 9 heteroatoms. The molecular formula is C16H26N6O3. The van der Waals surface area contributed by atoms with E-state index in [0.29, 0.717) is 23.5 Å². The van der Waals surface area contributed by atoms with Crippen molar-refractivity contribution in [2.75, 3.05) is 18.9 Å². The van der Waals surface area contributed by atoms with Gasteiger partial charge in [-0.3, -0.25) is 9.88 Å². The van der Waals surface area contributed by atoms with Crippen LogP contribution in [0.4, 0.5) is 5.82 Å². The monoisotopic (exact) mass is 350 g/mol. The van der Waals surface area contributed by atoms with Gasteiger partial charge >= 0.3 is 0 Å². The SMILES string of the molecule is CCCCCCN[C@]1(n2cnc3c(N)ncnc32)C[C@H](O)[C@@H](CO)O1. The van der Waals surface area contributed by atoms with E-state index in [1.807, 2.05) is 0 Å². The number of ether oxygens (including phenoxy) is 1. The van der Waals surface area contributed by atoms with Crippen LogP contribution in [0.2, 0.25) is 0 Å². The number of nitrogens with zero attached hydrogens (tertiary/aromatic N) is 4. The average Bonchev–Trinajstić information content (AvgIpc) is 3.17. The minimum absolute atomic E-state index is 0.260. The summed E-state index contributed by atoms with van der Waals surface area (Å²) in [7, 11) is 0. The van der Waals surface area contributed by atoms with E-state index in [1.54, 1.807) is 10.9 Å². The van der Waals surface area contributed by atoms with Gasteiger partial charge in [0.1, 0.15) is 24.3 Å². The number of anilines is 1. The zero-order chi connectivity index (χ0) is 17.9. The maximum atomic E-state index is 10.3. The maximum absolute atomic E-state index is 10.3. The summed E-state index contributed by atoms with van der Waals surface area (Å²) in [6.45, 7) is 2.62. The number of hydrogen-bond donors (Lipinski definition) is 4. The number of aliphatic hydroxyl groups is 2. The lowest BCUT2D eigenvalue weighted by Gasteiger charge is -2.32. The lowest BCUT2D eigenvalue weighted by atomic mass is 10.1. The number of hydrogen-bond acceptors (Lipinski definition) is 8. The molecule has 0 spiro atoms. The number of nitrogens with one attached hydrogen (secondary N) is 1. The van der Waals surface area contributed by atoms with Gasteiger partial charge in [0.2, 0.25) is 5.85 Å². The fourth-order valence-electron chi connectivity index (χ4n) is 3.26. The van der Waals surface area contributed by atoms with Gasteiger partial charge in [-0.15, -0.1) is 0 Å². The highest BCUT2D eigenvalue weighted by Gasteiger charge is 2.48. The summed E-state index contributed by atoms with van der Waals surface area (Å²) < 4.78 is 7.76. The highest BCUT2D eigenvalue weighted by molar-refractivity contribution is 5.81. The van der Waals surface area contributed by atoms with Crippen molar-refractivity contribution >= 4 is 17.0 Å². The summed E-state index contributed by atoms with van der Waals surface area (Å²) in [5.74, 6) is -0.728. The highest BCUT2D eigenvalue weighted by atomic mass is 16.6. The van der Waals surface area contributed by atoms with E-state index in [-0.39, 0.29) is 13.0 Å². The fourth-order valence-corrected chi connectivity index (χ4v) is 3.26. The molecule has 0 radical (unpaired) electrons. The molecule has 138 valence electrons. The Balaban J connectivity index is 1.89. The van der Waals surface area contributed by atoms with E-state index in [1.165, 1.54) is 12.7 Å². The van der Waals surface area contributed by atoms with Crippen LogP contribution in [0.25, 0.3) is 11.2 Å². The van der Waals surface area contributed by atoms with Crippen molar-refractivity contribution < 1.29 is 14.9 Å². The van der Waals surface area contributed by atoms with E-state index in [2.05, 4.69) is 27.2 Å². The average molecular weight is 350 g/mol. The maximum Gasteiger partial charge on any atom is 0.207 e. The molecule has 0 amide bonds. The Morgan fingerprint density at radius 1 is 1.36 bits per heavy atom. The summed E-state index contributed by atoms with van der Waals surface area (Å²) in [5, 5.41) is 23.1. The lowest BCUT2D eigenvalue weighted by Crippen LogP contribution is -2.48. The van der Waals surface area contributed by atoms with Crippen LogP contribution >= 0.6 is 0 Å². The van der Waals surface area contributed by atoms with Gasteiger partial charge in [-0.25, -0.2) is 15.0 Å². The van der Waals surface area contributed by atoms with Crippen molar-refractivity contribution in [3.63, 3.8) is 0 Å². The summed E-state index contributed by atoms with van der Waals surface area (Å²) in [6.07, 6.45) is 6.23. The predicted octanol–water partition coefficient (Wildman–Crippen LogP) is 0.331. The molecule has 0 aliphatic carbocycles. The molecule has 5 N–H and O–H groups in total. The molecule has 25 heavy (non-hydrogen) atoms. The van der Waals surface area contributed by atoms with Gasteiger partial charge in [0.15, 0.2) is 11.5 Å². The number of aliphatic hydroxyl groups excluding tert-OH is 2. The standard InChI is InChI=1S/C16H26N6O3/c1-2-3-4-5-6-21-16(7-11(24)12(8-23)25-16)22-10-20-13-14(17)18-9-19-15(13)22/h9-12,21,23-24H,2-8H2,1H3,(H2,17,18,19)/t11-,12+,16-/m0/s1. The van der Waals surface area contributed by atoms with Crippen LogP contribution in [0.5, 0.6) is 0 Å². The third-order valence-electron chi connectivity index (χ3n) is 4.62. The molecule has 9 nitrogen and oxygen atoms in total. The Labute approximate surface area is 146 Å². The summed E-state index contributed by atoms with van der Waals surface area (Å²) in [6, 6.07) is 0. The minimum atomic E-state index is -1.02. The number of nitrogen functional groups attached to an aromatic ring is 1. The number of nitrogens with two attached hydrogens (primary N) is 1. The first-order valence-corrected chi connectivity index (χ1v) is 8.77. The third kappa shape index (κ3) is 3.45. The number of unbranched alkanes of at least 4 members (excludes halogenated alkanes) is 3. The van der Waals surface area contributed by atoms with E-state index in [4.69, 9.17) is 10.5 Å². The van der Waals surface area contributed by atoms with E-state index >= 15 is 0 Å². The van der Waals surface area contributed by atoms with Crippen LogP contribution in [-0.4, -0.2) is 55.1 Å². The fraction of sp³-hybridized carbons (Fsp3) is 0.688. The summed E-state index contributed by atoms with van der Waals surface area (Å²) >= 11 is 0. The Hall–Kier alpha value is -1.81. The quantitative estimate of drug-likeness (QED) is 0.501. The normalized spacial score (nSPS) is 26.5. The highest BCUT2D eigenvalue weighted by Crippen LogP contribution is 2.35. The van der Waals surface area contributed by atoms with Gasteiger partial charge in [-0.05, 0) is 13.0 Å². The molecule has 0 aromatic carbocycles. The second kappa shape index (κ2) is 7.61. The topological polar surface area (TPSA) is 131 Å². The lowest BCUT2D eigenvalue weighted by molar-refractivity contribution is -0.135. The number of rotatable bonds is 8. The van der Waals surface area contributed by atoms with Crippen LogP contribution in [0.3, 0.4) is 0 Å². The first-order valence-electron chi connectivity index (χ1n) is 8.77. The minimum Gasteiger partial charge on any atom is -0.394 e. The van der Waals surface area contributed by atoms with Gasteiger partial charge < -0.3 is 20.7 Å². The first-order chi connectivity index (χ1) is 12.1. The van der Waals surface area contributed by atoms with Crippen molar-refractivity contribution in [2.24, 2.45) is 0 Å². The Morgan fingerprint density at radius 3 is 2.92 bits per heavy atom. The van der Waals surface area contributed by atoms with Crippen molar-refractivity contribution in [1.82, 2.24) is 24.8 Å². The Bertz CT molecular complexity index is 708. The molecule has 3 atom stereocenters. The molecule has 2 aromatic heterocycles. The molecule has 3 rings (SSSR count). The Kier molecular flexibility index (Phi) is 5.48. The molecule has 1 aliphatic rings. The second-order valence-electron chi connectivity index (χ2n) is 6.43. The van der Waals surface area contributed by atoms with Crippen molar-refractivity contribution in [2.45, 2.75) is 57.1 Å². The molecule has 2 aromatic rings. The van der Waals surface area contributed by atoms with Crippen LogP contribution in [0.1, 0.15) is 39.0 Å². The third-order valence-corrected chi connectivity index (χ3v) is 4.62. The Morgan fingerprint density at radius 2 is 2.20 bits per heavy atom. The molecule has 1 fully saturated rings. The van der Waals surface area contributed by atoms with Crippen LogP contribution in [-0.2, 0) is 10.6 Å². The summed E-state index contributed by atoms with van der Waals surface area (Å²) in [4.78, 5) is 12.5. The van der Waals surface area contributed by atoms with E-state index in [9.17, 15) is 10.2 Å². The molecule has 1 aliphatic heterocycles. The first kappa shape index (κ1) is 18.0. The van der Waals surface area contributed by atoms with Gasteiger partial charge in [0.25, 0.3) is 0 Å². The molecule has 0 bridgehead atoms. The van der Waals surface area contributed by atoms with Crippen LogP contribution in [0.15, 0.2) is 12.7 Å². The van der Waals surface area contributed by atoms with Gasteiger partial charge in [-0.1, -0.05) is 26.2 Å². The number of fused-ring (bicyclic) bond motifs is 1. The van der Waals surface area contributed by atoms with Gasteiger partial charge in [0, 0.05) is 6.42 Å². The molecule has 0 saturated carbocycles. The van der Waals surface area contributed by atoms with Gasteiger partial charge in [0.05, 0.1) is 12.7 Å². The predicted molar refractivity (Wildman–Crippen MR) is 92.4 cm³/mol. The largest absolute Gasteiger partial charge is 0.394 e. The number of aromatic nitrogens is 4. The number of imidazole rings is 1. The van der Waals surface area contributed by atoms with E-state index < -0.39 is 18.1 Å². The molecule has 3 heterocycles. The van der Waals surface area contributed by atoms with E-state index in [0.717, 1.165) is 19.3 Å². The zero-order valence-electron chi connectivity index (χ0n) is 14.4. The second-order valence-corrected chi connectivity index (χ2v) is 6.43. The van der Waals surface area contributed by atoms with Crippen molar-refractivity contribution in [3.8, 4) is 0 Å². The summed E-state index contributed by atoms with van der Waals surface area (Å²) in [5.41, 5.74) is 6.88. The van der Waals surface area contributed by atoms with Crippen molar-refractivity contribution in [1.29, 1.82) is 0 Å². The van der Waals surface area contributed by atoms with Crippen LogP contribution in [0, 0.1) is 0 Å².